The fourth-order valence-corrected chi connectivity index (χ4v) is 8.75. The van der Waals surface area contributed by atoms with Crippen LogP contribution in [0.5, 0.6) is 0 Å². The molecule has 0 aliphatic rings. The molecule has 0 heterocycles. The van der Waals surface area contributed by atoms with Gasteiger partial charge in [0.15, 0.2) is 0 Å². The predicted molar refractivity (Wildman–Crippen MR) is 320 cm³/mol. The second-order valence-corrected chi connectivity index (χ2v) is 22.4. The minimum Gasteiger partial charge on any atom is -0.756 e. The molecular formula is C65H113N2O6P. The number of nitrogens with zero attached hydrogens (tertiary/aromatic N) is 1. The van der Waals surface area contributed by atoms with Crippen molar-refractivity contribution in [1.82, 2.24) is 5.32 Å². The quantitative estimate of drug-likeness (QED) is 0.0272. The number of aliphatic hydroxyl groups is 1. The topological polar surface area (TPSA) is 108 Å². The maximum atomic E-state index is 13.0. The van der Waals surface area contributed by atoms with Gasteiger partial charge in [0.1, 0.15) is 13.2 Å². The molecule has 0 aliphatic carbocycles. The van der Waals surface area contributed by atoms with Crippen molar-refractivity contribution in [2.45, 2.75) is 244 Å². The average Bonchev–Trinajstić information content (AvgIpc) is 3.36. The first-order valence-electron chi connectivity index (χ1n) is 29.9. The SMILES string of the molecule is CC/C=C\C/C=C\C/C=C\C/C=C\C/C=C\C/C=C\C/C=C\C/C=C\C/C=C\CCCCCCCCCCCC(=O)NC(COP(=O)([O-])OCC[N+](C)(C)C)C(O)/C=C/CCCCCCCCCCCCCCC. The Hall–Kier alpha value is -3.10. The van der Waals surface area contributed by atoms with Gasteiger partial charge in [-0.05, 0) is 89.9 Å². The molecule has 8 nitrogen and oxygen atoms in total. The highest BCUT2D eigenvalue weighted by molar-refractivity contribution is 7.45. The van der Waals surface area contributed by atoms with E-state index < -0.39 is 20.0 Å². The van der Waals surface area contributed by atoms with Crippen LogP contribution in [0.4, 0.5) is 0 Å². The van der Waals surface area contributed by atoms with E-state index >= 15 is 0 Å². The molecular weight excluding hydrogens is 936 g/mol. The zero-order valence-electron chi connectivity index (χ0n) is 48.2. The molecule has 2 N–H and O–H groups in total. The molecule has 0 fully saturated rings. The first-order valence-corrected chi connectivity index (χ1v) is 31.4. The third-order valence-electron chi connectivity index (χ3n) is 12.7. The van der Waals surface area contributed by atoms with Crippen LogP contribution in [0.15, 0.2) is 122 Å². The van der Waals surface area contributed by atoms with Crippen LogP contribution in [-0.2, 0) is 18.4 Å². The van der Waals surface area contributed by atoms with Crippen molar-refractivity contribution in [2.75, 3.05) is 40.9 Å². The lowest BCUT2D eigenvalue weighted by Crippen LogP contribution is -2.45. The Balaban J connectivity index is 4.15. The highest BCUT2D eigenvalue weighted by Crippen LogP contribution is 2.38. The number of rotatable bonds is 53. The lowest BCUT2D eigenvalue weighted by molar-refractivity contribution is -0.870. The second kappa shape index (κ2) is 54.7. The van der Waals surface area contributed by atoms with Gasteiger partial charge in [-0.25, -0.2) is 0 Å². The molecule has 0 radical (unpaired) electrons. The number of hydrogen-bond acceptors (Lipinski definition) is 6. The van der Waals surface area contributed by atoms with E-state index in [1.165, 1.54) is 103 Å². The molecule has 0 saturated heterocycles. The summed E-state index contributed by atoms with van der Waals surface area (Å²) in [6.07, 6.45) is 81.3. The van der Waals surface area contributed by atoms with Crippen LogP contribution in [0.2, 0.25) is 0 Å². The Morgan fingerprint density at radius 1 is 0.486 bits per heavy atom. The van der Waals surface area contributed by atoms with Gasteiger partial charge in [0.2, 0.25) is 5.91 Å². The Kier molecular flexibility index (Phi) is 52.4. The first-order chi connectivity index (χ1) is 36.0. The zero-order chi connectivity index (χ0) is 54.2. The number of hydrogen-bond donors (Lipinski definition) is 2. The van der Waals surface area contributed by atoms with E-state index in [1.807, 2.05) is 27.2 Å². The Bertz CT molecular complexity index is 1620. The van der Waals surface area contributed by atoms with Gasteiger partial charge in [-0.3, -0.25) is 9.36 Å². The number of amides is 1. The summed E-state index contributed by atoms with van der Waals surface area (Å²) >= 11 is 0. The van der Waals surface area contributed by atoms with Gasteiger partial charge < -0.3 is 28.8 Å². The molecule has 0 aromatic heterocycles. The van der Waals surface area contributed by atoms with Gasteiger partial charge in [0.05, 0.1) is 39.9 Å². The monoisotopic (exact) mass is 1050 g/mol. The molecule has 424 valence electrons. The Morgan fingerprint density at radius 3 is 1.20 bits per heavy atom. The molecule has 0 aromatic carbocycles. The maximum absolute atomic E-state index is 13.0. The molecule has 3 atom stereocenters. The van der Waals surface area contributed by atoms with E-state index in [4.69, 9.17) is 9.05 Å². The highest BCUT2D eigenvalue weighted by atomic mass is 31.2. The van der Waals surface area contributed by atoms with Gasteiger partial charge in [0, 0.05) is 6.42 Å². The van der Waals surface area contributed by atoms with Crippen LogP contribution in [0, 0.1) is 0 Å². The summed E-state index contributed by atoms with van der Waals surface area (Å²) in [6, 6.07) is -0.898. The van der Waals surface area contributed by atoms with Crippen molar-refractivity contribution < 1.29 is 32.9 Å². The fraction of sp³-hybridized carbons (Fsp3) is 0.677. The number of phosphoric acid groups is 1. The molecule has 0 spiro atoms. The van der Waals surface area contributed by atoms with E-state index in [1.54, 1.807) is 6.08 Å². The molecule has 0 saturated carbocycles. The summed E-state index contributed by atoms with van der Waals surface area (Å²) in [5.41, 5.74) is 0. The number of aliphatic hydroxyl groups excluding tert-OH is 1. The number of phosphoric ester groups is 1. The Morgan fingerprint density at radius 2 is 0.824 bits per heavy atom. The maximum Gasteiger partial charge on any atom is 0.268 e. The van der Waals surface area contributed by atoms with Crippen molar-refractivity contribution in [1.29, 1.82) is 0 Å². The van der Waals surface area contributed by atoms with Crippen molar-refractivity contribution in [2.24, 2.45) is 0 Å². The summed E-state index contributed by atoms with van der Waals surface area (Å²) in [6.45, 7) is 4.52. The van der Waals surface area contributed by atoms with Gasteiger partial charge in [-0.1, -0.05) is 257 Å². The Labute approximate surface area is 456 Å². The number of carbonyl (C=O) groups is 1. The van der Waals surface area contributed by atoms with Crippen LogP contribution in [0.25, 0.3) is 0 Å². The molecule has 74 heavy (non-hydrogen) atoms. The number of quaternary nitrogens is 1. The first kappa shape index (κ1) is 70.9. The standard InChI is InChI=1S/C65H113N2O6P/c1-6-8-10-12-14-16-18-20-22-23-24-25-26-27-28-29-30-31-32-33-34-35-36-37-38-39-40-41-42-43-45-47-49-51-53-55-57-59-65(69)66-63(62-73-74(70,71)72-61-60-67(3,4)5)64(68)58-56-54-52-50-48-46-44-21-19-17-15-13-11-9-7-2/h8,10,14,16,20,22,24-25,27-28,30-31,33-34,36-37,39-40,56,58,63-64,68H,6-7,9,11-13,15,17-19,21,23,26,29,32,35,38,41-55,57,59-62H2,1-5H3,(H-,66,69,70,71)/b10-8-,16-14-,22-20-,25-24-,28-27-,31-30-,34-33-,37-36-,40-39-,58-56+. The molecule has 0 aliphatic heterocycles. The fourth-order valence-electron chi connectivity index (χ4n) is 8.03. The lowest BCUT2D eigenvalue weighted by atomic mass is 10.0. The summed E-state index contributed by atoms with van der Waals surface area (Å²) in [7, 11) is 1.24. The van der Waals surface area contributed by atoms with E-state index in [-0.39, 0.29) is 19.1 Å². The van der Waals surface area contributed by atoms with Crippen LogP contribution < -0.4 is 10.2 Å². The molecule has 0 rings (SSSR count). The number of nitrogens with one attached hydrogen (secondary N) is 1. The number of carbonyl (C=O) groups excluding carboxylic acids is 1. The van der Waals surface area contributed by atoms with Crippen molar-refractivity contribution >= 4 is 13.7 Å². The second-order valence-electron chi connectivity index (χ2n) is 21.0. The van der Waals surface area contributed by atoms with Gasteiger partial charge in [0.25, 0.3) is 7.82 Å². The third-order valence-corrected chi connectivity index (χ3v) is 13.6. The normalized spacial score (nSPS) is 14.7. The smallest absolute Gasteiger partial charge is 0.268 e. The molecule has 0 aromatic rings. The summed E-state index contributed by atoms with van der Waals surface area (Å²) < 4.78 is 23.3. The molecule has 1 amide bonds. The van der Waals surface area contributed by atoms with Gasteiger partial charge >= 0.3 is 0 Å². The lowest BCUT2D eigenvalue weighted by Gasteiger charge is -2.29. The van der Waals surface area contributed by atoms with Crippen LogP contribution in [0.1, 0.15) is 232 Å². The summed E-state index contributed by atoms with van der Waals surface area (Å²) in [4.78, 5) is 25.5. The number of unbranched alkanes of at least 4 members (excludes halogenated alkanes) is 22. The number of likely N-dealkylation sites (N-methyl/N-ethyl adjacent to an activating group) is 1. The van der Waals surface area contributed by atoms with Crippen LogP contribution in [0.3, 0.4) is 0 Å². The zero-order valence-corrected chi connectivity index (χ0v) is 49.1. The minimum absolute atomic E-state index is 0.00764. The summed E-state index contributed by atoms with van der Waals surface area (Å²) in [5, 5.41) is 13.9. The highest BCUT2D eigenvalue weighted by Gasteiger charge is 2.23. The van der Waals surface area contributed by atoms with Crippen molar-refractivity contribution in [3.05, 3.63) is 122 Å². The largest absolute Gasteiger partial charge is 0.756 e. The molecule has 3 unspecified atom stereocenters. The van der Waals surface area contributed by atoms with E-state index in [0.717, 1.165) is 109 Å². The van der Waals surface area contributed by atoms with Gasteiger partial charge in [-0.15, -0.1) is 0 Å². The van der Waals surface area contributed by atoms with E-state index in [0.29, 0.717) is 17.4 Å². The number of allylic oxidation sites excluding steroid dienone is 19. The van der Waals surface area contributed by atoms with Crippen molar-refractivity contribution in [3.63, 3.8) is 0 Å². The van der Waals surface area contributed by atoms with Crippen LogP contribution in [-0.4, -0.2) is 68.5 Å². The minimum atomic E-state index is -4.60. The van der Waals surface area contributed by atoms with E-state index in [2.05, 4.69) is 129 Å². The summed E-state index contributed by atoms with van der Waals surface area (Å²) in [5.74, 6) is -0.208. The van der Waals surface area contributed by atoms with E-state index in [9.17, 15) is 19.4 Å². The van der Waals surface area contributed by atoms with Gasteiger partial charge in [-0.2, -0.15) is 0 Å². The third kappa shape index (κ3) is 56.6. The van der Waals surface area contributed by atoms with Crippen LogP contribution >= 0.6 is 7.82 Å². The molecule has 9 heteroatoms. The average molecular weight is 1050 g/mol. The van der Waals surface area contributed by atoms with Crippen molar-refractivity contribution in [3.8, 4) is 0 Å². The molecule has 0 bridgehead atoms. The predicted octanol–water partition coefficient (Wildman–Crippen LogP) is 17.9.